The van der Waals surface area contributed by atoms with Gasteiger partial charge in [-0.1, -0.05) is 72.5 Å². The predicted octanol–water partition coefficient (Wildman–Crippen LogP) is 6.43. The Morgan fingerprint density at radius 2 is 1.84 bits per heavy atom. The Hall–Kier alpha value is -4.64. The maximum Gasteiger partial charge on any atom is 0.341 e. The molecule has 1 atom stereocenters. The SMILES string of the molecule is Cc1cc(OC/C=C(\c2ccc(F)cc2)C2(C#CCN3CCOCC3)C=CC(c3ccccc3)=CC2)ccc1OCC(=O)O. The zero-order chi connectivity index (χ0) is 30.8. The zero-order valence-corrected chi connectivity index (χ0v) is 24.8. The Morgan fingerprint density at radius 3 is 2.52 bits per heavy atom. The van der Waals surface area contributed by atoms with Crippen molar-refractivity contribution < 1.29 is 28.5 Å². The van der Waals surface area contributed by atoms with Crippen LogP contribution in [-0.2, 0) is 9.53 Å². The lowest BCUT2D eigenvalue weighted by molar-refractivity contribution is -0.139. The van der Waals surface area contributed by atoms with Gasteiger partial charge in [0.25, 0.3) is 0 Å². The molecule has 3 aromatic carbocycles. The van der Waals surface area contributed by atoms with Crippen LogP contribution in [0, 0.1) is 30.0 Å². The highest BCUT2D eigenvalue weighted by molar-refractivity contribution is 5.82. The largest absolute Gasteiger partial charge is 0.490 e. The van der Waals surface area contributed by atoms with E-state index in [0.717, 1.165) is 40.9 Å². The number of carboxylic acid groups (broad SMARTS) is 1. The number of carboxylic acids is 1. The maximum absolute atomic E-state index is 14.0. The molecule has 226 valence electrons. The zero-order valence-electron chi connectivity index (χ0n) is 24.8. The van der Waals surface area contributed by atoms with E-state index >= 15 is 0 Å². The summed E-state index contributed by atoms with van der Waals surface area (Å²) in [5, 5.41) is 8.92. The lowest BCUT2D eigenvalue weighted by Gasteiger charge is -2.31. The number of hydrogen-bond acceptors (Lipinski definition) is 5. The average molecular weight is 594 g/mol. The smallest absolute Gasteiger partial charge is 0.341 e. The monoisotopic (exact) mass is 593 g/mol. The van der Waals surface area contributed by atoms with Crippen molar-refractivity contribution in [3.63, 3.8) is 0 Å². The van der Waals surface area contributed by atoms with Gasteiger partial charge in [-0.3, -0.25) is 4.90 Å². The summed E-state index contributed by atoms with van der Waals surface area (Å²) in [5.74, 6) is 6.84. The van der Waals surface area contributed by atoms with Gasteiger partial charge in [-0.2, -0.15) is 0 Å². The van der Waals surface area contributed by atoms with Crippen LogP contribution in [0.3, 0.4) is 0 Å². The summed E-state index contributed by atoms with van der Waals surface area (Å²) >= 11 is 0. The van der Waals surface area contributed by atoms with Crippen LogP contribution >= 0.6 is 0 Å². The molecule has 6 nitrogen and oxygen atoms in total. The molecule has 3 aromatic rings. The van der Waals surface area contributed by atoms with Crippen LogP contribution < -0.4 is 9.47 Å². The number of hydrogen-bond donors (Lipinski definition) is 1. The standard InChI is InChI=1S/C37H36FNO5/c1-28-26-33(12-13-35(28)44-27-36(40)41)43-23-16-34(31-8-10-32(38)11-9-31)37(17-5-20-39-21-24-42-25-22-39)18-14-30(15-19-37)29-6-3-2-4-7-29/h2-4,6-16,18,26H,19-25,27H2,1H3,(H,40,41)/b34-16+. The van der Waals surface area contributed by atoms with E-state index in [4.69, 9.17) is 19.3 Å². The summed E-state index contributed by atoms with van der Waals surface area (Å²) in [6, 6.07) is 22.0. The molecule has 0 aromatic heterocycles. The number of halogens is 1. The van der Waals surface area contributed by atoms with Crippen LogP contribution in [0.25, 0.3) is 11.1 Å². The molecule has 0 amide bonds. The molecule has 0 saturated carbocycles. The average Bonchev–Trinajstić information content (AvgIpc) is 3.04. The number of morpholine rings is 1. The van der Waals surface area contributed by atoms with Gasteiger partial charge in [-0.15, -0.1) is 0 Å². The third-order valence-corrected chi connectivity index (χ3v) is 7.69. The predicted molar refractivity (Wildman–Crippen MR) is 170 cm³/mol. The van der Waals surface area contributed by atoms with Crippen molar-refractivity contribution in [1.29, 1.82) is 0 Å². The number of nitrogens with zero attached hydrogens (tertiary/aromatic N) is 1. The van der Waals surface area contributed by atoms with Crippen molar-refractivity contribution >= 4 is 17.1 Å². The van der Waals surface area contributed by atoms with E-state index in [-0.39, 0.29) is 12.4 Å². The summed E-state index contributed by atoms with van der Waals surface area (Å²) in [5.41, 5.74) is 4.18. The molecule has 1 unspecified atom stereocenters. The summed E-state index contributed by atoms with van der Waals surface area (Å²) in [4.78, 5) is 13.2. The number of benzene rings is 3. The van der Waals surface area contributed by atoms with E-state index < -0.39 is 18.0 Å². The van der Waals surface area contributed by atoms with Gasteiger partial charge in [0.1, 0.15) is 23.9 Å². The summed E-state index contributed by atoms with van der Waals surface area (Å²) < 4.78 is 31.0. The molecule has 1 aliphatic heterocycles. The molecule has 7 heteroatoms. The first-order valence-corrected chi connectivity index (χ1v) is 14.7. The highest BCUT2D eigenvalue weighted by Gasteiger charge is 2.32. The molecule has 0 bridgehead atoms. The second-order valence-electron chi connectivity index (χ2n) is 10.8. The Balaban J connectivity index is 1.45. The molecule has 1 fully saturated rings. The van der Waals surface area contributed by atoms with E-state index in [0.29, 0.717) is 37.7 Å². The van der Waals surface area contributed by atoms with E-state index in [1.165, 1.54) is 12.1 Å². The van der Waals surface area contributed by atoms with Gasteiger partial charge in [0.15, 0.2) is 6.61 Å². The minimum atomic E-state index is -1.03. The third-order valence-electron chi connectivity index (χ3n) is 7.69. The highest BCUT2D eigenvalue weighted by Crippen LogP contribution is 2.44. The van der Waals surface area contributed by atoms with Gasteiger partial charge in [0, 0.05) is 13.1 Å². The van der Waals surface area contributed by atoms with E-state index in [9.17, 15) is 9.18 Å². The topological polar surface area (TPSA) is 68.2 Å². The van der Waals surface area contributed by atoms with Crippen molar-refractivity contribution in [2.45, 2.75) is 13.3 Å². The van der Waals surface area contributed by atoms with Crippen molar-refractivity contribution in [3.05, 3.63) is 120 Å². The van der Waals surface area contributed by atoms with Crippen molar-refractivity contribution in [2.24, 2.45) is 5.41 Å². The Bertz CT molecular complexity index is 1590. The molecule has 5 rings (SSSR count). The van der Waals surface area contributed by atoms with Gasteiger partial charge in [0.2, 0.25) is 0 Å². The minimum absolute atomic E-state index is 0.247. The lowest BCUT2D eigenvalue weighted by atomic mass is 9.71. The molecule has 0 radical (unpaired) electrons. The fourth-order valence-corrected chi connectivity index (χ4v) is 5.33. The van der Waals surface area contributed by atoms with Gasteiger partial charge in [-0.05, 0) is 77.6 Å². The lowest BCUT2D eigenvalue weighted by Crippen LogP contribution is -2.36. The fourth-order valence-electron chi connectivity index (χ4n) is 5.33. The first kappa shape index (κ1) is 30.8. The molecule has 1 aliphatic carbocycles. The Morgan fingerprint density at radius 1 is 1.07 bits per heavy atom. The number of aliphatic carboxylic acids is 1. The van der Waals surface area contributed by atoms with Crippen LogP contribution in [0.15, 0.2) is 97.1 Å². The third kappa shape index (κ3) is 8.04. The molecule has 1 N–H and O–H groups in total. The van der Waals surface area contributed by atoms with E-state index in [1.54, 1.807) is 24.3 Å². The highest BCUT2D eigenvalue weighted by atomic mass is 19.1. The minimum Gasteiger partial charge on any atom is -0.490 e. The van der Waals surface area contributed by atoms with Crippen LogP contribution in [0.4, 0.5) is 4.39 Å². The normalized spacial score (nSPS) is 18.6. The van der Waals surface area contributed by atoms with E-state index in [1.807, 2.05) is 37.3 Å². The summed E-state index contributed by atoms with van der Waals surface area (Å²) in [7, 11) is 0. The van der Waals surface area contributed by atoms with Crippen molar-refractivity contribution in [3.8, 4) is 23.3 Å². The molecular formula is C37H36FNO5. The molecule has 2 aliphatic rings. The summed E-state index contributed by atoms with van der Waals surface area (Å²) in [6.07, 6.45) is 9.17. The molecular weight excluding hydrogens is 557 g/mol. The maximum atomic E-state index is 14.0. The van der Waals surface area contributed by atoms with Gasteiger partial charge < -0.3 is 19.3 Å². The molecule has 44 heavy (non-hydrogen) atoms. The summed E-state index contributed by atoms with van der Waals surface area (Å²) in [6.45, 7) is 5.43. The number of rotatable bonds is 10. The first-order chi connectivity index (χ1) is 21.4. The van der Waals surface area contributed by atoms with Crippen LogP contribution in [0.1, 0.15) is 23.1 Å². The van der Waals surface area contributed by atoms with E-state index in [2.05, 4.69) is 47.1 Å². The van der Waals surface area contributed by atoms with Crippen molar-refractivity contribution in [2.75, 3.05) is 46.1 Å². The Labute approximate surface area is 258 Å². The van der Waals surface area contributed by atoms with Gasteiger partial charge in [0.05, 0.1) is 25.2 Å². The van der Waals surface area contributed by atoms with Crippen LogP contribution in [0.2, 0.25) is 0 Å². The number of allylic oxidation sites excluding steroid dienone is 5. The molecule has 1 heterocycles. The number of carbonyl (C=O) groups is 1. The van der Waals surface area contributed by atoms with Gasteiger partial charge >= 0.3 is 5.97 Å². The number of aryl methyl sites for hydroxylation is 1. The van der Waals surface area contributed by atoms with Crippen LogP contribution in [-0.4, -0.2) is 62.0 Å². The molecule has 0 spiro atoms. The quantitative estimate of drug-likeness (QED) is 0.274. The fraction of sp³-hybridized carbons (Fsp3) is 0.270. The van der Waals surface area contributed by atoms with Crippen LogP contribution in [0.5, 0.6) is 11.5 Å². The Kier molecular flexibility index (Phi) is 10.3. The second-order valence-corrected chi connectivity index (χ2v) is 10.8. The van der Waals surface area contributed by atoms with Gasteiger partial charge in [-0.25, -0.2) is 9.18 Å². The number of ether oxygens (including phenoxy) is 3. The van der Waals surface area contributed by atoms with Crippen molar-refractivity contribution in [1.82, 2.24) is 4.90 Å². The first-order valence-electron chi connectivity index (χ1n) is 14.7. The second kappa shape index (κ2) is 14.7. The molecule has 1 saturated heterocycles.